The van der Waals surface area contributed by atoms with Crippen LogP contribution in [0.25, 0.3) is 10.2 Å². The number of carbonyl (C=O) groups is 1. The number of nitrogens with zero attached hydrogens (tertiary/aromatic N) is 2. The molecule has 0 unspecified atom stereocenters. The van der Waals surface area contributed by atoms with Gasteiger partial charge in [0.2, 0.25) is 15.9 Å². The van der Waals surface area contributed by atoms with Crippen molar-refractivity contribution in [2.45, 2.75) is 23.0 Å². The molecule has 1 aromatic heterocycles. The summed E-state index contributed by atoms with van der Waals surface area (Å²) in [4.78, 5) is 18.9. The molecular weight excluding hydrogens is 422 g/mol. The van der Waals surface area contributed by atoms with Gasteiger partial charge in [-0.05, 0) is 18.2 Å². The molecule has 11 heteroatoms. The minimum atomic E-state index is -3.32. The van der Waals surface area contributed by atoms with Crippen molar-refractivity contribution in [1.82, 2.24) is 9.88 Å². The van der Waals surface area contributed by atoms with Crippen molar-refractivity contribution in [1.29, 1.82) is 0 Å². The lowest BCUT2D eigenvalue weighted by Gasteiger charge is -2.37. The van der Waals surface area contributed by atoms with Crippen LogP contribution in [0.3, 0.4) is 0 Å². The lowest BCUT2D eigenvalue weighted by atomic mass is 10.0. The highest BCUT2D eigenvalue weighted by Crippen LogP contribution is 2.33. The molecule has 8 nitrogen and oxygen atoms in total. The summed E-state index contributed by atoms with van der Waals surface area (Å²) in [6.45, 7) is 2.53. The number of aromatic nitrogens is 1. The first-order chi connectivity index (χ1) is 13.3. The molecule has 2 aliphatic rings. The molecule has 0 radical (unpaired) electrons. The number of amides is 1. The molecule has 1 N–H and O–H groups in total. The Hall–Kier alpha value is -1.40. The molecule has 2 fully saturated rings. The number of sulfonamides is 1. The Labute approximate surface area is 171 Å². The average Bonchev–Trinajstić information content (AvgIpc) is 3.25. The van der Waals surface area contributed by atoms with Gasteiger partial charge in [-0.3, -0.25) is 9.52 Å². The van der Waals surface area contributed by atoms with Crippen LogP contribution in [0.4, 0.5) is 5.69 Å². The van der Waals surface area contributed by atoms with Gasteiger partial charge in [-0.2, -0.15) is 0 Å². The van der Waals surface area contributed by atoms with Crippen molar-refractivity contribution in [2.75, 3.05) is 43.0 Å². The molecular formula is C17H21N3O5S3. The second-order valence-electron chi connectivity index (χ2n) is 6.81. The van der Waals surface area contributed by atoms with E-state index in [0.29, 0.717) is 50.6 Å². The van der Waals surface area contributed by atoms with E-state index in [1.165, 1.54) is 23.1 Å². The zero-order valence-corrected chi connectivity index (χ0v) is 17.8. The largest absolute Gasteiger partial charge is 0.347 e. The highest BCUT2D eigenvalue weighted by molar-refractivity contribution is 8.01. The van der Waals surface area contributed by atoms with Crippen molar-refractivity contribution < 1.29 is 22.7 Å². The number of hydrogen-bond acceptors (Lipinski definition) is 8. The predicted molar refractivity (Wildman–Crippen MR) is 109 cm³/mol. The zero-order chi connectivity index (χ0) is 19.8. The molecule has 3 heterocycles. The van der Waals surface area contributed by atoms with Crippen LogP contribution < -0.4 is 4.72 Å². The standard InChI is InChI=1S/C17H21N3O5S3/c1-28(22,23)19-12-2-3-13-14(10-12)27-16(18-13)26-11-15(21)20-6-4-17(5-7-20)24-8-9-25-17/h2-3,10,19H,4-9,11H2,1H3. The number of hydrogen-bond donors (Lipinski definition) is 1. The predicted octanol–water partition coefficient (Wildman–Crippen LogP) is 2.13. The van der Waals surface area contributed by atoms with Crippen LogP contribution in [0.5, 0.6) is 0 Å². The molecule has 152 valence electrons. The first-order valence-electron chi connectivity index (χ1n) is 8.89. The molecule has 28 heavy (non-hydrogen) atoms. The highest BCUT2D eigenvalue weighted by atomic mass is 32.2. The lowest BCUT2D eigenvalue weighted by Crippen LogP contribution is -2.47. The lowest BCUT2D eigenvalue weighted by molar-refractivity contribution is -0.186. The van der Waals surface area contributed by atoms with Gasteiger partial charge in [0.15, 0.2) is 10.1 Å². The summed E-state index contributed by atoms with van der Waals surface area (Å²) in [5.74, 6) is -0.0750. The molecule has 0 atom stereocenters. The Morgan fingerprint density at radius 2 is 2.04 bits per heavy atom. The van der Waals surface area contributed by atoms with Crippen LogP contribution in [-0.2, 0) is 24.3 Å². The summed E-state index contributed by atoms with van der Waals surface area (Å²) >= 11 is 2.85. The maximum Gasteiger partial charge on any atom is 0.233 e. The van der Waals surface area contributed by atoms with Crippen molar-refractivity contribution in [3.8, 4) is 0 Å². The number of carbonyl (C=O) groups excluding carboxylic acids is 1. The number of likely N-dealkylation sites (tertiary alicyclic amines) is 1. The molecule has 1 spiro atoms. The van der Waals surface area contributed by atoms with E-state index in [2.05, 4.69) is 9.71 Å². The summed E-state index contributed by atoms with van der Waals surface area (Å²) in [5, 5.41) is 0. The van der Waals surface area contributed by atoms with E-state index in [4.69, 9.17) is 9.47 Å². The van der Waals surface area contributed by atoms with E-state index in [0.717, 1.165) is 20.8 Å². The molecule has 0 aliphatic carbocycles. The number of fused-ring (bicyclic) bond motifs is 1. The second-order valence-corrected chi connectivity index (χ2v) is 10.8. The number of thiazole rings is 1. The van der Waals surface area contributed by atoms with Crippen molar-refractivity contribution >= 4 is 54.9 Å². The quantitative estimate of drug-likeness (QED) is 0.707. The molecule has 0 bridgehead atoms. The minimum absolute atomic E-state index is 0.0801. The maximum absolute atomic E-state index is 12.5. The van der Waals surface area contributed by atoms with E-state index in [9.17, 15) is 13.2 Å². The number of rotatable bonds is 5. The van der Waals surface area contributed by atoms with Crippen LogP contribution in [0, 0.1) is 0 Å². The number of benzene rings is 1. The van der Waals surface area contributed by atoms with E-state index in [-0.39, 0.29) is 5.91 Å². The fraction of sp³-hybridized carbons (Fsp3) is 0.529. The van der Waals surface area contributed by atoms with Gasteiger partial charge in [-0.15, -0.1) is 11.3 Å². The van der Waals surface area contributed by atoms with Gasteiger partial charge >= 0.3 is 0 Å². The Balaban J connectivity index is 1.34. The average molecular weight is 444 g/mol. The summed E-state index contributed by atoms with van der Waals surface area (Å²) in [7, 11) is -3.32. The third kappa shape index (κ3) is 4.60. The Bertz CT molecular complexity index is 975. The van der Waals surface area contributed by atoms with Gasteiger partial charge in [0, 0.05) is 25.9 Å². The molecule has 4 rings (SSSR count). The second kappa shape index (κ2) is 7.79. The van der Waals surface area contributed by atoms with Crippen LogP contribution in [0.1, 0.15) is 12.8 Å². The van der Waals surface area contributed by atoms with E-state index >= 15 is 0 Å². The first kappa shape index (κ1) is 19.9. The van der Waals surface area contributed by atoms with Crippen molar-refractivity contribution in [3.05, 3.63) is 18.2 Å². The summed E-state index contributed by atoms with van der Waals surface area (Å²) in [6.07, 6.45) is 2.53. The topological polar surface area (TPSA) is 97.8 Å². The molecule has 0 saturated carbocycles. The van der Waals surface area contributed by atoms with Crippen LogP contribution in [0.15, 0.2) is 22.5 Å². The number of piperidine rings is 1. The van der Waals surface area contributed by atoms with Crippen LogP contribution >= 0.6 is 23.1 Å². The van der Waals surface area contributed by atoms with Crippen LogP contribution in [-0.4, -0.2) is 68.3 Å². The van der Waals surface area contributed by atoms with Gasteiger partial charge < -0.3 is 14.4 Å². The van der Waals surface area contributed by atoms with E-state index < -0.39 is 15.8 Å². The molecule has 1 aromatic carbocycles. The van der Waals surface area contributed by atoms with Crippen molar-refractivity contribution in [2.24, 2.45) is 0 Å². The van der Waals surface area contributed by atoms with Gasteiger partial charge in [0.25, 0.3) is 0 Å². The molecule has 1 amide bonds. The number of nitrogens with one attached hydrogen (secondary N) is 1. The number of anilines is 1. The summed E-state index contributed by atoms with van der Waals surface area (Å²) < 4.78 is 38.2. The smallest absolute Gasteiger partial charge is 0.233 e. The summed E-state index contributed by atoms with van der Waals surface area (Å²) in [6, 6.07) is 5.21. The Kier molecular flexibility index (Phi) is 5.53. The molecule has 2 saturated heterocycles. The highest BCUT2D eigenvalue weighted by Gasteiger charge is 2.40. The summed E-state index contributed by atoms with van der Waals surface area (Å²) in [5.41, 5.74) is 1.29. The third-order valence-corrected chi connectivity index (χ3v) is 7.44. The van der Waals surface area contributed by atoms with E-state index in [1.807, 2.05) is 4.90 Å². The van der Waals surface area contributed by atoms with Gasteiger partial charge in [0.1, 0.15) is 0 Å². The first-order valence-corrected chi connectivity index (χ1v) is 12.6. The SMILES string of the molecule is CS(=O)(=O)Nc1ccc2nc(SCC(=O)N3CCC4(CC3)OCCO4)sc2c1. The molecule has 2 aromatic rings. The van der Waals surface area contributed by atoms with Crippen molar-refractivity contribution in [3.63, 3.8) is 0 Å². The fourth-order valence-electron chi connectivity index (χ4n) is 3.34. The number of ether oxygens (including phenoxy) is 2. The Morgan fingerprint density at radius 3 is 2.71 bits per heavy atom. The number of thioether (sulfide) groups is 1. The van der Waals surface area contributed by atoms with Gasteiger partial charge in [0.05, 0.1) is 41.1 Å². The Morgan fingerprint density at radius 1 is 1.32 bits per heavy atom. The zero-order valence-electron chi connectivity index (χ0n) is 15.3. The van der Waals surface area contributed by atoms with Crippen LogP contribution in [0.2, 0.25) is 0 Å². The normalized spacial score (nSPS) is 19.4. The monoisotopic (exact) mass is 443 g/mol. The molecule has 2 aliphatic heterocycles. The van der Waals surface area contributed by atoms with Gasteiger partial charge in [-0.25, -0.2) is 13.4 Å². The van der Waals surface area contributed by atoms with Gasteiger partial charge in [-0.1, -0.05) is 11.8 Å². The minimum Gasteiger partial charge on any atom is -0.347 e. The fourth-order valence-corrected chi connectivity index (χ4v) is 5.91. The third-order valence-electron chi connectivity index (χ3n) is 4.68. The van der Waals surface area contributed by atoms with E-state index in [1.54, 1.807) is 18.2 Å². The maximum atomic E-state index is 12.5.